The summed E-state index contributed by atoms with van der Waals surface area (Å²) in [5.74, 6) is 2.48. The molecule has 0 atom stereocenters. The summed E-state index contributed by atoms with van der Waals surface area (Å²) in [6.07, 6.45) is 1.67. The number of pyridine rings is 1. The third-order valence-electron chi connectivity index (χ3n) is 3.77. The minimum atomic E-state index is -0.278. The van der Waals surface area contributed by atoms with Gasteiger partial charge in [-0.3, -0.25) is 4.98 Å². The lowest BCUT2D eigenvalue weighted by molar-refractivity contribution is 0.254. The largest absolute Gasteiger partial charge is 0.493 e. The summed E-state index contributed by atoms with van der Waals surface area (Å²) in [7, 11) is 4.72. The molecule has 0 aliphatic carbocycles. The van der Waals surface area contributed by atoms with Gasteiger partial charge >= 0.3 is 6.03 Å². The van der Waals surface area contributed by atoms with Crippen LogP contribution in [0.25, 0.3) is 10.9 Å². The van der Waals surface area contributed by atoms with Gasteiger partial charge in [0.2, 0.25) is 0 Å². The molecule has 0 aliphatic rings. The van der Waals surface area contributed by atoms with Gasteiger partial charge in [0.25, 0.3) is 0 Å². The molecule has 0 unspecified atom stereocenters. The molecule has 1 aromatic heterocycles. The molecule has 0 fully saturated rings. The van der Waals surface area contributed by atoms with Gasteiger partial charge < -0.3 is 24.8 Å². The van der Waals surface area contributed by atoms with Crippen molar-refractivity contribution >= 4 is 22.6 Å². The van der Waals surface area contributed by atoms with E-state index in [0.29, 0.717) is 28.7 Å². The van der Waals surface area contributed by atoms with E-state index in [1.807, 2.05) is 6.07 Å². The number of aromatic nitrogens is 1. The van der Waals surface area contributed by atoms with Gasteiger partial charge in [-0.1, -0.05) is 0 Å². The van der Waals surface area contributed by atoms with Gasteiger partial charge in [0.15, 0.2) is 11.5 Å². The Kier molecular flexibility index (Phi) is 5.07. The Labute approximate surface area is 150 Å². The number of methoxy groups -OCH3 is 2. The average molecular weight is 353 g/mol. The van der Waals surface area contributed by atoms with Crippen molar-refractivity contribution in [2.45, 2.75) is 0 Å². The van der Waals surface area contributed by atoms with E-state index in [0.717, 1.165) is 10.9 Å². The second-order valence-corrected chi connectivity index (χ2v) is 5.36. The number of carbonyl (C=O) groups is 1. The van der Waals surface area contributed by atoms with Crippen molar-refractivity contribution in [3.05, 3.63) is 48.7 Å². The van der Waals surface area contributed by atoms with Crippen molar-refractivity contribution in [1.29, 1.82) is 0 Å². The van der Waals surface area contributed by atoms with Crippen molar-refractivity contribution in [3.63, 3.8) is 0 Å². The molecule has 2 N–H and O–H groups in total. The zero-order valence-electron chi connectivity index (χ0n) is 14.7. The number of hydrogen-bond donors (Lipinski definition) is 2. The van der Waals surface area contributed by atoms with Gasteiger partial charge in [0.1, 0.15) is 11.5 Å². The smallest absolute Gasteiger partial charge is 0.318 e. The van der Waals surface area contributed by atoms with Crippen LogP contribution in [0.2, 0.25) is 0 Å². The number of amides is 2. The average Bonchev–Trinajstić information content (AvgIpc) is 2.68. The number of urea groups is 1. The van der Waals surface area contributed by atoms with Gasteiger partial charge in [-0.2, -0.15) is 0 Å². The van der Waals surface area contributed by atoms with Crippen LogP contribution in [0.5, 0.6) is 23.0 Å². The Balaban J connectivity index is 1.90. The van der Waals surface area contributed by atoms with E-state index in [1.54, 1.807) is 63.9 Å². The fourth-order valence-electron chi connectivity index (χ4n) is 2.46. The number of nitrogens with zero attached hydrogens (tertiary/aromatic N) is 1. The summed E-state index contributed by atoms with van der Waals surface area (Å²) in [6, 6.07) is 12.2. The topological polar surface area (TPSA) is 81.7 Å². The maximum absolute atomic E-state index is 11.3. The summed E-state index contributed by atoms with van der Waals surface area (Å²) < 4.78 is 16.7. The zero-order chi connectivity index (χ0) is 18.5. The van der Waals surface area contributed by atoms with Crippen LogP contribution in [0.1, 0.15) is 0 Å². The van der Waals surface area contributed by atoms with Crippen molar-refractivity contribution in [3.8, 4) is 23.0 Å². The number of hydrogen-bond acceptors (Lipinski definition) is 5. The first kappa shape index (κ1) is 17.3. The Hall–Kier alpha value is -3.48. The van der Waals surface area contributed by atoms with Crippen molar-refractivity contribution in [2.24, 2.45) is 0 Å². The number of ether oxygens (including phenoxy) is 3. The quantitative estimate of drug-likeness (QED) is 0.729. The van der Waals surface area contributed by atoms with E-state index in [4.69, 9.17) is 14.2 Å². The normalized spacial score (nSPS) is 10.3. The summed E-state index contributed by atoms with van der Waals surface area (Å²) in [6.45, 7) is 0. The fraction of sp³-hybridized carbons (Fsp3) is 0.158. The van der Waals surface area contributed by atoms with Crippen LogP contribution in [-0.2, 0) is 0 Å². The van der Waals surface area contributed by atoms with Gasteiger partial charge in [0.05, 0.1) is 19.7 Å². The highest BCUT2D eigenvalue weighted by Crippen LogP contribution is 2.36. The maximum Gasteiger partial charge on any atom is 0.318 e. The zero-order valence-corrected chi connectivity index (χ0v) is 14.7. The lowest BCUT2D eigenvalue weighted by Gasteiger charge is -2.12. The van der Waals surface area contributed by atoms with Crippen molar-refractivity contribution in [1.82, 2.24) is 10.3 Å². The van der Waals surface area contributed by atoms with Crippen LogP contribution < -0.4 is 24.8 Å². The Morgan fingerprint density at radius 1 is 0.962 bits per heavy atom. The number of carbonyl (C=O) groups excluding carboxylic acids is 1. The summed E-state index contributed by atoms with van der Waals surface area (Å²) in [4.78, 5) is 15.7. The first-order valence-electron chi connectivity index (χ1n) is 7.92. The highest BCUT2D eigenvalue weighted by atomic mass is 16.5. The molecule has 7 heteroatoms. The third-order valence-corrected chi connectivity index (χ3v) is 3.77. The van der Waals surface area contributed by atoms with E-state index in [9.17, 15) is 4.79 Å². The molecule has 0 bridgehead atoms. The third kappa shape index (κ3) is 3.61. The summed E-state index contributed by atoms with van der Waals surface area (Å²) in [5, 5.41) is 6.00. The van der Waals surface area contributed by atoms with Crippen LogP contribution in [-0.4, -0.2) is 32.3 Å². The van der Waals surface area contributed by atoms with Gasteiger partial charge in [0, 0.05) is 30.4 Å². The van der Waals surface area contributed by atoms with Crippen LogP contribution in [0.4, 0.5) is 10.5 Å². The van der Waals surface area contributed by atoms with Crippen LogP contribution >= 0.6 is 0 Å². The molecule has 7 nitrogen and oxygen atoms in total. The molecule has 0 spiro atoms. The molecule has 134 valence electrons. The first-order valence-corrected chi connectivity index (χ1v) is 7.92. The number of nitrogens with one attached hydrogen (secondary N) is 2. The molecule has 1 heterocycles. The number of benzene rings is 2. The van der Waals surface area contributed by atoms with E-state index < -0.39 is 0 Å². The first-order chi connectivity index (χ1) is 12.6. The Morgan fingerprint density at radius 2 is 1.65 bits per heavy atom. The van der Waals surface area contributed by atoms with Crippen LogP contribution in [0.15, 0.2) is 48.7 Å². The molecular weight excluding hydrogens is 334 g/mol. The molecule has 0 saturated carbocycles. The summed E-state index contributed by atoms with van der Waals surface area (Å²) >= 11 is 0. The molecule has 0 aliphatic heterocycles. The predicted molar refractivity (Wildman–Crippen MR) is 99.4 cm³/mol. The van der Waals surface area contributed by atoms with E-state index in [1.165, 1.54) is 0 Å². The maximum atomic E-state index is 11.3. The molecule has 2 amide bonds. The van der Waals surface area contributed by atoms with E-state index in [-0.39, 0.29) is 6.03 Å². The second kappa shape index (κ2) is 7.60. The minimum absolute atomic E-state index is 0.278. The lowest BCUT2D eigenvalue weighted by Crippen LogP contribution is -2.24. The van der Waals surface area contributed by atoms with Crippen LogP contribution in [0.3, 0.4) is 0 Å². The molecular formula is C19H19N3O4. The Morgan fingerprint density at radius 3 is 2.31 bits per heavy atom. The van der Waals surface area contributed by atoms with Gasteiger partial charge in [-0.05, 0) is 36.4 Å². The van der Waals surface area contributed by atoms with Crippen LogP contribution in [0, 0.1) is 0 Å². The molecule has 3 aromatic rings. The number of fused-ring (bicyclic) bond motifs is 1. The highest BCUT2D eigenvalue weighted by molar-refractivity contribution is 5.89. The van der Waals surface area contributed by atoms with Gasteiger partial charge in [-0.15, -0.1) is 0 Å². The van der Waals surface area contributed by atoms with E-state index >= 15 is 0 Å². The molecule has 0 radical (unpaired) electrons. The molecule has 3 rings (SSSR count). The minimum Gasteiger partial charge on any atom is -0.493 e. The summed E-state index contributed by atoms with van der Waals surface area (Å²) in [5.41, 5.74) is 1.40. The fourth-order valence-corrected chi connectivity index (χ4v) is 2.46. The Bertz CT molecular complexity index is 926. The lowest BCUT2D eigenvalue weighted by atomic mass is 10.2. The standard InChI is InChI=1S/C19H19N3O4/c1-20-19(23)22-12-4-6-13(7-5-12)26-16-8-9-21-15-11-18(25-3)17(24-2)10-14(15)16/h4-11H,1-3H3,(H2,20,22,23). The van der Waals surface area contributed by atoms with E-state index in [2.05, 4.69) is 15.6 Å². The molecule has 2 aromatic carbocycles. The molecule has 0 saturated heterocycles. The molecule has 26 heavy (non-hydrogen) atoms. The monoisotopic (exact) mass is 353 g/mol. The highest BCUT2D eigenvalue weighted by Gasteiger charge is 2.11. The van der Waals surface area contributed by atoms with Crippen molar-refractivity contribution < 1.29 is 19.0 Å². The SMILES string of the molecule is CNC(=O)Nc1ccc(Oc2ccnc3cc(OC)c(OC)cc23)cc1. The van der Waals surface area contributed by atoms with Gasteiger partial charge in [-0.25, -0.2) is 4.79 Å². The second-order valence-electron chi connectivity index (χ2n) is 5.36. The predicted octanol–water partition coefficient (Wildman–Crippen LogP) is 3.80. The van der Waals surface area contributed by atoms with Crippen molar-refractivity contribution in [2.75, 3.05) is 26.6 Å². The number of anilines is 1. The number of rotatable bonds is 5.